The van der Waals surface area contributed by atoms with Crippen LogP contribution in [0.2, 0.25) is 0 Å². The van der Waals surface area contributed by atoms with Crippen LogP contribution in [-0.4, -0.2) is 20.9 Å². The Hall–Kier alpha value is -3.48. The van der Waals surface area contributed by atoms with E-state index < -0.39 is 17.1 Å². The number of aromatic amines is 1. The van der Waals surface area contributed by atoms with E-state index in [0.29, 0.717) is 5.69 Å². The maximum absolute atomic E-state index is 12.9. The molecule has 7 heteroatoms. The van der Waals surface area contributed by atoms with Gasteiger partial charge in [0.1, 0.15) is 11.4 Å². The molecule has 2 aromatic carbocycles. The van der Waals surface area contributed by atoms with E-state index in [-0.39, 0.29) is 17.9 Å². The number of aliphatic imine (C=N–C) groups is 1. The van der Waals surface area contributed by atoms with Crippen LogP contribution in [0.15, 0.2) is 63.1 Å². The van der Waals surface area contributed by atoms with E-state index >= 15 is 0 Å². The van der Waals surface area contributed by atoms with Gasteiger partial charge in [-0.3, -0.25) is 14.8 Å². The zero-order chi connectivity index (χ0) is 18.7. The fourth-order valence-electron chi connectivity index (χ4n) is 2.49. The van der Waals surface area contributed by atoms with Crippen molar-refractivity contribution in [3.8, 4) is 11.6 Å². The maximum Gasteiger partial charge on any atom is 0.335 e. The Kier molecular flexibility index (Phi) is 4.79. The van der Waals surface area contributed by atoms with E-state index in [1.54, 1.807) is 30.3 Å². The van der Waals surface area contributed by atoms with Crippen molar-refractivity contribution < 1.29 is 9.50 Å². The normalized spacial score (nSPS) is 11.2. The molecule has 1 aromatic heterocycles. The molecule has 0 saturated heterocycles. The number of hydrogen-bond acceptors (Lipinski definition) is 4. The molecule has 3 rings (SSSR count). The van der Waals surface area contributed by atoms with Crippen molar-refractivity contribution in [1.29, 1.82) is 0 Å². The number of nitrogens with zero attached hydrogens (tertiary/aromatic N) is 2. The first kappa shape index (κ1) is 17.3. The molecule has 0 aliphatic carbocycles. The second kappa shape index (κ2) is 7.18. The number of hydrogen-bond donors (Lipinski definition) is 2. The number of benzene rings is 2. The highest BCUT2D eigenvalue weighted by molar-refractivity contribution is 5.82. The molecule has 0 saturated carbocycles. The van der Waals surface area contributed by atoms with Crippen molar-refractivity contribution in [2.24, 2.45) is 4.99 Å². The molecule has 3 aromatic rings. The number of aromatic nitrogens is 2. The summed E-state index contributed by atoms with van der Waals surface area (Å²) in [5.74, 6) is -0.843. The molecule has 6 nitrogen and oxygen atoms in total. The monoisotopic (exact) mass is 353 g/mol. The van der Waals surface area contributed by atoms with Crippen LogP contribution in [-0.2, 0) is 6.54 Å². The summed E-state index contributed by atoms with van der Waals surface area (Å²) in [6.45, 7) is 2.05. The molecule has 0 aliphatic heterocycles. The first-order valence-corrected chi connectivity index (χ1v) is 7.85. The predicted octanol–water partition coefficient (Wildman–Crippen LogP) is 2.30. The second-order valence-electron chi connectivity index (χ2n) is 5.77. The van der Waals surface area contributed by atoms with Gasteiger partial charge >= 0.3 is 5.69 Å². The quantitative estimate of drug-likeness (QED) is 0.706. The number of aromatic hydroxyl groups is 1. The largest absolute Gasteiger partial charge is 0.493 e. The first-order valence-electron chi connectivity index (χ1n) is 7.85. The molecular formula is C19H16FN3O3. The Labute approximate surface area is 147 Å². The van der Waals surface area contributed by atoms with E-state index in [9.17, 15) is 19.1 Å². The van der Waals surface area contributed by atoms with E-state index in [4.69, 9.17) is 0 Å². The highest BCUT2D eigenvalue weighted by Gasteiger charge is 2.14. The molecule has 0 radical (unpaired) electrons. The summed E-state index contributed by atoms with van der Waals surface area (Å²) in [6, 6.07) is 12.7. The van der Waals surface area contributed by atoms with Crippen LogP contribution in [0.4, 0.5) is 4.39 Å². The van der Waals surface area contributed by atoms with Gasteiger partial charge in [0.25, 0.3) is 5.56 Å². The molecule has 0 bridgehead atoms. The first-order chi connectivity index (χ1) is 12.5. The van der Waals surface area contributed by atoms with Crippen molar-refractivity contribution in [3.05, 3.63) is 91.9 Å². The van der Waals surface area contributed by atoms with Gasteiger partial charge in [0.2, 0.25) is 5.88 Å². The van der Waals surface area contributed by atoms with E-state index in [0.717, 1.165) is 15.7 Å². The summed E-state index contributed by atoms with van der Waals surface area (Å²) in [4.78, 5) is 30.4. The van der Waals surface area contributed by atoms with Gasteiger partial charge in [-0.05, 0) is 42.3 Å². The molecule has 132 valence electrons. The summed E-state index contributed by atoms with van der Waals surface area (Å²) < 4.78 is 13.9. The van der Waals surface area contributed by atoms with Crippen molar-refractivity contribution in [2.45, 2.75) is 13.5 Å². The molecule has 2 N–H and O–H groups in total. The minimum atomic E-state index is -0.742. The lowest BCUT2D eigenvalue weighted by atomic mass is 10.2. The van der Waals surface area contributed by atoms with Gasteiger partial charge in [-0.2, -0.15) is 0 Å². The van der Waals surface area contributed by atoms with Crippen LogP contribution in [0.25, 0.3) is 5.69 Å². The van der Waals surface area contributed by atoms with Crippen LogP contribution in [0.5, 0.6) is 5.88 Å². The molecule has 0 fully saturated rings. The fourth-order valence-corrected chi connectivity index (χ4v) is 2.49. The van der Waals surface area contributed by atoms with Gasteiger partial charge in [0.05, 0.1) is 12.2 Å². The Morgan fingerprint density at radius 2 is 1.92 bits per heavy atom. The standard InChI is InChI=1S/C19H16FN3O3/c1-12-3-2-4-15(9-12)23-18(25)16(17(24)22-19(23)26)11-21-10-13-5-7-14(20)8-6-13/h2-9,11,25H,10H2,1H3,(H,22,24,26). The third-order valence-corrected chi connectivity index (χ3v) is 3.79. The SMILES string of the molecule is Cc1cccc(-n2c(O)c(C=NCc3ccc(F)cc3)c(=O)[nH]c2=O)c1. The Morgan fingerprint density at radius 1 is 1.19 bits per heavy atom. The topological polar surface area (TPSA) is 87.4 Å². The molecule has 1 heterocycles. The van der Waals surface area contributed by atoms with Crippen LogP contribution < -0.4 is 11.2 Å². The van der Waals surface area contributed by atoms with Crippen molar-refractivity contribution in [3.63, 3.8) is 0 Å². The van der Waals surface area contributed by atoms with Gasteiger partial charge in [0.15, 0.2) is 0 Å². The van der Waals surface area contributed by atoms with Crippen LogP contribution in [0.1, 0.15) is 16.7 Å². The summed E-state index contributed by atoms with van der Waals surface area (Å²) >= 11 is 0. The van der Waals surface area contributed by atoms with Gasteiger partial charge in [-0.15, -0.1) is 0 Å². The number of nitrogens with one attached hydrogen (secondary N) is 1. The molecule has 0 atom stereocenters. The van der Waals surface area contributed by atoms with Crippen molar-refractivity contribution in [1.82, 2.24) is 9.55 Å². The summed E-state index contributed by atoms with van der Waals surface area (Å²) in [5.41, 5.74) is 0.454. The third kappa shape index (κ3) is 3.61. The summed E-state index contributed by atoms with van der Waals surface area (Å²) in [6.07, 6.45) is 1.20. The van der Waals surface area contributed by atoms with Gasteiger partial charge < -0.3 is 5.11 Å². The van der Waals surface area contributed by atoms with Crippen LogP contribution >= 0.6 is 0 Å². The predicted molar refractivity (Wildman–Crippen MR) is 96.8 cm³/mol. The van der Waals surface area contributed by atoms with Crippen molar-refractivity contribution >= 4 is 6.21 Å². The Bertz CT molecular complexity index is 1080. The van der Waals surface area contributed by atoms with Gasteiger partial charge in [0, 0.05) is 6.21 Å². The molecule has 0 spiro atoms. The third-order valence-electron chi connectivity index (χ3n) is 3.79. The Balaban J connectivity index is 1.98. The molecule has 0 aliphatic rings. The minimum Gasteiger partial charge on any atom is -0.493 e. The lowest BCUT2D eigenvalue weighted by Gasteiger charge is -2.10. The lowest BCUT2D eigenvalue weighted by Crippen LogP contribution is -2.31. The summed E-state index contributed by atoms with van der Waals surface area (Å²) in [5, 5.41) is 10.4. The highest BCUT2D eigenvalue weighted by Crippen LogP contribution is 2.16. The van der Waals surface area contributed by atoms with E-state index in [1.807, 2.05) is 13.0 Å². The number of rotatable bonds is 4. The number of H-pyrrole nitrogens is 1. The zero-order valence-corrected chi connectivity index (χ0v) is 13.9. The van der Waals surface area contributed by atoms with Gasteiger partial charge in [-0.1, -0.05) is 24.3 Å². The van der Waals surface area contributed by atoms with Crippen LogP contribution in [0, 0.1) is 12.7 Å². The molecule has 26 heavy (non-hydrogen) atoms. The summed E-state index contributed by atoms with van der Waals surface area (Å²) in [7, 11) is 0. The fraction of sp³-hybridized carbons (Fsp3) is 0.105. The second-order valence-corrected chi connectivity index (χ2v) is 5.77. The van der Waals surface area contributed by atoms with E-state index in [1.165, 1.54) is 18.3 Å². The number of aryl methyl sites for hydroxylation is 1. The van der Waals surface area contributed by atoms with Crippen molar-refractivity contribution in [2.75, 3.05) is 0 Å². The highest BCUT2D eigenvalue weighted by atomic mass is 19.1. The molecule has 0 amide bonds. The minimum absolute atomic E-state index is 0.131. The molecular weight excluding hydrogens is 337 g/mol. The zero-order valence-electron chi connectivity index (χ0n) is 13.9. The molecule has 0 unspecified atom stereocenters. The maximum atomic E-state index is 12.9. The average Bonchev–Trinajstić information content (AvgIpc) is 2.59. The lowest BCUT2D eigenvalue weighted by molar-refractivity contribution is 0.430. The van der Waals surface area contributed by atoms with E-state index in [2.05, 4.69) is 9.98 Å². The average molecular weight is 353 g/mol. The Morgan fingerprint density at radius 3 is 2.62 bits per heavy atom. The number of halogens is 1. The smallest absolute Gasteiger partial charge is 0.335 e. The van der Waals surface area contributed by atoms with Gasteiger partial charge in [-0.25, -0.2) is 13.8 Å². The van der Waals surface area contributed by atoms with Crippen LogP contribution in [0.3, 0.4) is 0 Å².